The lowest BCUT2D eigenvalue weighted by atomic mass is 9.75. The summed E-state index contributed by atoms with van der Waals surface area (Å²) in [6.45, 7) is 6.29. The monoisotopic (exact) mass is 469 g/mol. The molecule has 0 unspecified atom stereocenters. The Hall–Kier alpha value is -3.85. The predicted octanol–water partition coefficient (Wildman–Crippen LogP) is 5.79. The van der Waals surface area contributed by atoms with Crippen molar-refractivity contribution in [1.29, 1.82) is 5.26 Å². The predicted molar refractivity (Wildman–Crippen MR) is 135 cm³/mol. The van der Waals surface area contributed by atoms with Gasteiger partial charge in [-0.1, -0.05) is 54.6 Å². The number of aromatic nitrogens is 1. The topological polar surface area (TPSA) is 75.3 Å². The molecule has 1 fully saturated rings. The minimum atomic E-state index is -0.832. The number of pyridine rings is 1. The molecule has 0 spiro atoms. The Bertz CT molecular complexity index is 1310. The lowest BCUT2D eigenvalue weighted by molar-refractivity contribution is -0.0770. The molecule has 0 N–H and O–H groups in total. The highest BCUT2D eigenvalue weighted by molar-refractivity contribution is 5.70. The number of carbonyl (C=O) groups is 1. The Morgan fingerprint density at radius 2 is 1.69 bits per heavy atom. The molecule has 1 amide bonds. The smallest absolute Gasteiger partial charge is 0.411 e. The van der Waals surface area contributed by atoms with Crippen LogP contribution in [0.3, 0.4) is 0 Å². The second kappa shape index (κ2) is 9.42. The van der Waals surface area contributed by atoms with Gasteiger partial charge < -0.3 is 14.2 Å². The number of carbonyl (C=O) groups excluding carboxylic acids is 1. The van der Waals surface area contributed by atoms with E-state index in [9.17, 15) is 14.9 Å². The summed E-state index contributed by atoms with van der Waals surface area (Å²) in [5.74, 6) is 0. The number of nitrogens with zero attached hydrogens (tertiary/aromatic N) is 3. The summed E-state index contributed by atoms with van der Waals surface area (Å²) in [4.78, 5) is 26.7. The van der Waals surface area contributed by atoms with E-state index in [1.807, 2.05) is 87.6 Å². The molecule has 0 saturated carbocycles. The fourth-order valence-electron chi connectivity index (χ4n) is 4.84. The fraction of sp³-hybridized carbons (Fsp3) is 0.345. The molecule has 2 heterocycles. The summed E-state index contributed by atoms with van der Waals surface area (Å²) < 4.78 is 7.73. The van der Waals surface area contributed by atoms with Crippen molar-refractivity contribution in [2.75, 3.05) is 6.54 Å². The second-order valence-corrected chi connectivity index (χ2v) is 10.0. The van der Waals surface area contributed by atoms with Gasteiger partial charge in [0, 0.05) is 38.7 Å². The van der Waals surface area contributed by atoms with Crippen molar-refractivity contribution in [3.05, 3.63) is 94.4 Å². The molecule has 0 bridgehead atoms. The number of nitriles is 1. The molecule has 1 saturated heterocycles. The van der Waals surface area contributed by atoms with Gasteiger partial charge in [-0.25, -0.2) is 4.79 Å². The summed E-state index contributed by atoms with van der Waals surface area (Å²) in [6.07, 6.45) is 2.48. The van der Waals surface area contributed by atoms with E-state index in [1.54, 1.807) is 22.6 Å². The van der Waals surface area contributed by atoms with Crippen LogP contribution in [0.1, 0.15) is 50.8 Å². The van der Waals surface area contributed by atoms with Gasteiger partial charge in [0.05, 0.1) is 17.5 Å². The zero-order chi connectivity index (χ0) is 25.2. The van der Waals surface area contributed by atoms with Gasteiger partial charge in [0.1, 0.15) is 5.60 Å². The maximum absolute atomic E-state index is 13.3. The number of hydrogen-bond acceptors (Lipinski definition) is 4. The molecular weight excluding hydrogens is 438 g/mol. The molecule has 0 aliphatic carbocycles. The maximum atomic E-state index is 13.3. The second-order valence-electron chi connectivity index (χ2n) is 10.0. The maximum Gasteiger partial charge on any atom is 0.411 e. The molecule has 4 rings (SSSR count). The van der Waals surface area contributed by atoms with Crippen molar-refractivity contribution in [3.8, 4) is 17.2 Å². The van der Waals surface area contributed by atoms with Crippen molar-refractivity contribution in [2.24, 2.45) is 12.5 Å². The third kappa shape index (κ3) is 5.00. The molecule has 1 aromatic heterocycles. The van der Waals surface area contributed by atoms with E-state index in [2.05, 4.69) is 6.07 Å². The summed E-state index contributed by atoms with van der Waals surface area (Å²) in [7, 11) is 1.73. The van der Waals surface area contributed by atoms with Gasteiger partial charge in [0.2, 0.25) is 5.56 Å². The number of benzene rings is 2. The summed E-state index contributed by atoms with van der Waals surface area (Å²) in [5.41, 5.74) is 2.36. The molecule has 2 aromatic carbocycles. The SMILES string of the molecule is C[C@@H](c1ccc(-c2ccc(=O)n(C)c2)cc1)N1CC[C@@](CC(C)(C)C#N)(c2ccccc2)OC1=O. The van der Waals surface area contributed by atoms with Gasteiger partial charge in [0.15, 0.2) is 0 Å². The Morgan fingerprint density at radius 3 is 2.29 bits per heavy atom. The van der Waals surface area contributed by atoms with Gasteiger partial charge in [-0.15, -0.1) is 0 Å². The third-order valence-electron chi connectivity index (χ3n) is 6.88. The molecule has 1 aliphatic heterocycles. The van der Waals surface area contributed by atoms with E-state index in [-0.39, 0.29) is 17.7 Å². The molecular formula is C29H31N3O3. The van der Waals surface area contributed by atoms with Gasteiger partial charge in [-0.3, -0.25) is 4.79 Å². The molecule has 180 valence electrons. The summed E-state index contributed by atoms with van der Waals surface area (Å²) in [5, 5.41) is 9.66. The molecule has 1 aliphatic rings. The van der Waals surface area contributed by atoms with Crippen LogP contribution in [-0.4, -0.2) is 22.1 Å². The van der Waals surface area contributed by atoms with E-state index >= 15 is 0 Å². The van der Waals surface area contributed by atoms with Crippen LogP contribution in [0.2, 0.25) is 0 Å². The molecule has 2 atom stereocenters. The van der Waals surface area contributed by atoms with Crippen LogP contribution in [0.15, 0.2) is 77.7 Å². The quantitative estimate of drug-likeness (QED) is 0.458. The van der Waals surface area contributed by atoms with Crippen LogP contribution >= 0.6 is 0 Å². The Morgan fingerprint density at radius 1 is 1.03 bits per heavy atom. The summed E-state index contributed by atoms with van der Waals surface area (Å²) >= 11 is 0. The van der Waals surface area contributed by atoms with Crippen molar-refractivity contribution in [1.82, 2.24) is 9.47 Å². The highest BCUT2D eigenvalue weighted by Crippen LogP contribution is 2.44. The number of rotatable bonds is 6. The number of ether oxygens (including phenoxy) is 1. The highest BCUT2D eigenvalue weighted by Gasteiger charge is 2.46. The first-order valence-electron chi connectivity index (χ1n) is 11.9. The van der Waals surface area contributed by atoms with E-state index in [4.69, 9.17) is 4.74 Å². The minimum absolute atomic E-state index is 0.0488. The molecule has 6 nitrogen and oxygen atoms in total. The van der Waals surface area contributed by atoms with Crippen LogP contribution < -0.4 is 5.56 Å². The number of cyclic esters (lactones) is 1. The molecule has 3 aromatic rings. The first-order chi connectivity index (χ1) is 16.6. The van der Waals surface area contributed by atoms with Crippen molar-refractivity contribution < 1.29 is 9.53 Å². The van der Waals surface area contributed by atoms with Crippen molar-refractivity contribution >= 4 is 6.09 Å². The average molecular weight is 470 g/mol. The molecule has 35 heavy (non-hydrogen) atoms. The first-order valence-corrected chi connectivity index (χ1v) is 11.9. The van der Waals surface area contributed by atoms with Crippen molar-refractivity contribution in [3.63, 3.8) is 0 Å². The lowest BCUT2D eigenvalue weighted by Crippen LogP contribution is -2.50. The highest BCUT2D eigenvalue weighted by atomic mass is 16.6. The van der Waals surface area contributed by atoms with Crippen molar-refractivity contribution in [2.45, 2.75) is 45.3 Å². The fourth-order valence-corrected chi connectivity index (χ4v) is 4.84. The van der Waals surface area contributed by atoms with Crippen LogP contribution in [0.25, 0.3) is 11.1 Å². The van der Waals surface area contributed by atoms with Crippen LogP contribution in [0.4, 0.5) is 4.79 Å². The first kappa shape index (κ1) is 24.3. The standard InChI is InChI=1S/C29H31N3O3/c1-21(22-10-12-23(13-11-22)24-14-15-26(33)31(4)18-24)32-17-16-29(35-27(32)34,19-28(2,3)20-30)25-8-6-5-7-9-25/h5-15,18,21H,16-17,19H2,1-4H3/t21-,29+/m0/s1. The van der Waals surface area contributed by atoms with Crippen LogP contribution in [0.5, 0.6) is 0 Å². The molecule has 0 radical (unpaired) electrons. The van der Waals surface area contributed by atoms with Gasteiger partial charge >= 0.3 is 6.09 Å². The van der Waals surface area contributed by atoms with E-state index in [0.29, 0.717) is 19.4 Å². The normalized spacial score (nSPS) is 19.1. The summed E-state index contributed by atoms with van der Waals surface area (Å²) in [6, 6.07) is 23.3. The molecule has 6 heteroatoms. The van der Waals surface area contributed by atoms with Crippen LogP contribution in [0, 0.1) is 16.7 Å². The Labute approximate surface area is 206 Å². The van der Waals surface area contributed by atoms with E-state index in [0.717, 1.165) is 22.3 Å². The van der Waals surface area contributed by atoms with Gasteiger partial charge in [-0.05, 0) is 49.1 Å². The van der Waals surface area contributed by atoms with Gasteiger partial charge in [0.25, 0.3) is 0 Å². The number of hydrogen-bond donors (Lipinski definition) is 0. The van der Waals surface area contributed by atoms with E-state index < -0.39 is 11.0 Å². The minimum Gasteiger partial charge on any atom is -0.438 e. The Kier molecular flexibility index (Phi) is 6.53. The van der Waals surface area contributed by atoms with Gasteiger partial charge in [-0.2, -0.15) is 5.26 Å². The zero-order valence-corrected chi connectivity index (χ0v) is 20.7. The Balaban J connectivity index is 1.55. The number of amides is 1. The zero-order valence-electron chi connectivity index (χ0n) is 20.7. The average Bonchev–Trinajstić information content (AvgIpc) is 2.86. The third-order valence-corrected chi connectivity index (χ3v) is 6.88. The largest absolute Gasteiger partial charge is 0.438 e. The number of aryl methyl sites for hydroxylation is 1. The van der Waals surface area contributed by atoms with Crippen LogP contribution in [-0.2, 0) is 17.4 Å². The lowest BCUT2D eigenvalue weighted by Gasteiger charge is -2.45. The van der Waals surface area contributed by atoms with E-state index in [1.165, 1.54) is 0 Å².